The number of allylic oxidation sites excluding steroid dienone is 1. The lowest BCUT2D eigenvalue weighted by atomic mass is 9.95. The Balaban J connectivity index is 1.98. The zero-order valence-corrected chi connectivity index (χ0v) is 21.0. The summed E-state index contributed by atoms with van der Waals surface area (Å²) in [7, 11) is 4.69. The lowest BCUT2D eigenvalue weighted by molar-refractivity contribution is -0.139. The van der Waals surface area contributed by atoms with Gasteiger partial charge in [0.2, 0.25) is 0 Å². The molecule has 0 saturated carbocycles. The lowest BCUT2D eigenvalue weighted by Crippen LogP contribution is -2.40. The van der Waals surface area contributed by atoms with E-state index < -0.39 is 12.0 Å². The number of nitrogens with zero attached hydrogens (tertiary/aromatic N) is 2. The molecule has 0 radical (unpaired) electrons. The van der Waals surface area contributed by atoms with Gasteiger partial charge in [-0.15, -0.1) is 0 Å². The molecular formula is C26H26N2O6S. The van der Waals surface area contributed by atoms with Crippen molar-refractivity contribution in [2.45, 2.75) is 19.9 Å². The van der Waals surface area contributed by atoms with Crippen LogP contribution in [0.15, 0.2) is 63.5 Å². The van der Waals surface area contributed by atoms with Gasteiger partial charge in [-0.2, -0.15) is 0 Å². The third-order valence-electron chi connectivity index (χ3n) is 5.64. The molecule has 4 rings (SSSR count). The van der Waals surface area contributed by atoms with Crippen molar-refractivity contribution in [3.8, 4) is 17.2 Å². The number of methoxy groups -OCH3 is 3. The highest BCUT2D eigenvalue weighted by Gasteiger charge is 2.35. The van der Waals surface area contributed by atoms with Crippen molar-refractivity contribution >= 4 is 23.4 Å². The van der Waals surface area contributed by atoms with Crippen LogP contribution in [0, 0.1) is 0 Å². The van der Waals surface area contributed by atoms with Gasteiger partial charge in [0.1, 0.15) is 23.3 Å². The lowest BCUT2D eigenvalue weighted by Gasteiger charge is -2.26. The molecule has 1 aromatic heterocycles. The summed E-state index contributed by atoms with van der Waals surface area (Å²) < 4.78 is 23.6. The summed E-state index contributed by atoms with van der Waals surface area (Å²) in [5.74, 6) is 1.23. The minimum atomic E-state index is -0.779. The summed E-state index contributed by atoms with van der Waals surface area (Å²) in [6.07, 6.45) is 1.79. The first kappa shape index (κ1) is 24.3. The van der Waals surface area contributed by atoms with Crippen LogP contribution in [-0.2, 0) is 9.53 Å². The third kappa shape index (κ3) is 4.59. The van der Waals surface area contributed by atoms with E-state index in [4.69, 9.17) is 18.9 Å². The molecule has 182 valence electrons. The maximum atomic E-state index is 13.7. The standard InChI is InChI=1S/C26H26N2O6S/c1-6-34-25(30)22-15(2)27-26-28(23(22)19-11-10-18(32-4)14-20(19)33-5)24(29)21(35-26)13-16-8-7-9-17(12-16)31-3/h7-14,23H,6H2,1-5H3. The van der Waals surface area contributed by atoms with Crippen molar-refractivity contribution in [2.24, 2.45) is 4.99 Å². The van der Waals surface area contributed by atoms with E-state index in [0.717, 1.165) is 5.56 Å². The van der Waals surface area contributed by atoms with E-state index in [1.165, 1.54) is 23.0 Å². The molecule has 9 heteroatoms. The summed E-state index contributed by atoms with van der Waals surface area (Å²) in [4.78, 5) is 31.9. The highest BCUT2D eigenvalue weighted by molar-refractivity contribution is 7.07. The van der Waals surface area contributed by atoms with Crippen LogP contribution in [-0.4, -0.2) is 38.5 Å². The summed E-state index contributed by atoms with van der Waals surface area (Å²) in [5.41, 5.74) is 1.94. The van der Waals surface area contributed by atoms with Gasteiger partial charge in [0.25, 0.3) is 5.56 Å². The van der Waals surface area contributed by atoms with E-state index in [1.807, 2.05) is 24.3 Å². The Morgan fingerprint density at radius 1 is 1.09 bits per heavy atom. The SMILES string of the molecule is CCOC(=O)C1=C(C)N=c2sc(=Cc3cccc(OC)c3)c(=O)n2C1c1ccc(OC)cc1OC. The number of benzene rings is 2. The molecule has 3 aromatic rings. The zero-order chi connectivity index (χ0) is 25.1. The van der Waals surface area contributed by atoms with Crippen molar-refractivity contribution in [3.05, 3.63) is 84.5 Å². The van der Waals surface area contributed by atoms with Crippen LogP contribution < -0.4 is 29.1 Å². The highest BCUT2D eigenvalue weighted by Crippen LogP contribution is 2.37. The molecule has 1 unspecified atom stereocenters. The van der Waals surface area contributed by atoms with Gasteiger partial charge in [-0.05, 0) is 49.8 Å². The second-order valence-electron chi connectivity index (χ2n) is 7.69. The zero-order valence-electron chi connectivity index (χ0n) is 20.2. The number of hydrogen-bond donors (Lipinski definition) is 0. The highest BCUT2D eigenvalue weighted by atomic mass is 32.1. The van der Waals surface area contributed by atoms with E-state index in [2.05, 4.69) is 4.99 Å². The maximum Gasteiger partial charge on any atom is 0.338 e. The predicted molar refractivity (Wildman–Crippen MR) is 133 cm³/mol. The Kier molecular flexibility index (Phi) is 7.07. The summed E-state index contributed by atoms with van der Waals surface area (Å²) in [6.45, 7) is 3.68. The second-order valence-corrected chi connectivity index (χ2v) is 8.70. The monoisotopic (exact) mass is 494 g/mol. The molecule has 35 heavy (non-hydrogen) atoms. The van der Waals surface area contributed by atoms with Crippen molar-refractivity contribution < 1.29 is 23.7 Å². The minimum Gasteiger partial charge on any atom is -0.497 e. The number of carbonyl (C=O) groups excluding carboxylic acids is 1. The van der Waals surface area contributed by atoms with Crippen LogP contribution >= 0.6 is 11.3 Å². The first-order valence-electron chi connectivity index (χ1n) is 11.0. The Hall–Kier alpha value is -3.85. The smallest absolute Gasteiger partial charge is 0.338 e. The van der Waals surface area contributed by atoms with Gasteiger partial charge in [0, 0.05) is 11.6 Å². The van der Waals surface area contributed by atoms with Crippen molar-refractivity contribution in [1.82, 2.24) is 4.57 Å². The molecule has 2 aromatic carbocycles. The first-order chi connectivity index (χ1) is 16.9. The maximum absolute atomic E-state index is 13.7. The molecule has 1 aliphatic heterocycles. The fraction of sp³-hybridized carbons (Fsp3) is 0.269. The number of rotatable bonds is 7. The number of fused-ring (bicyclic) bond motifs is 1. The average Bonchev–Trinajstić information content (AvgIpc) is 3.17. The molecule has 0 fully saturated rings. The van der Waals surface area contributed by atoms with Crippen LogP contribution in [0.25, 0.3) is 6.08 Å². The Morgan fingerprint density at radius 3 is 2.51 bits per heavy atom. The van der Waals surface area contributed by atoms with E-state index in [0.29, 0.717) is 37.8 Å². The molecule has 2 heterocycles. The number of esters is 1. The number of hydrogen-bond acceptors (Lipinski definition) is 8. The van der Waals surface area contributed by atoms with Crippen LogP contribution in [0.5, 0.6) is 17.2 Å². The minimum absolute atomic E-state index is 0.197. The van der Waals surface area contributed by atoms with E-state index >= 15 is 0 Å². The molecular weight excluding hydrogens is 468 g/mol. The molecule has 0 amide bonds. The molecule has 0 N–H and O–H groups in total. The summed E-state index contributed by atoms with van der Waals surface area (Å²) in [6, 6.07) is 11.9. The molecule has 0 spiro atoms. The van der Waals surface area contributed by atoms with E-state index in [1.54, 1.807) is 52.3 Å². The predicted octanol–water partition coefficient (Wildman–Crippen LogP) is 2.82. The van der Waals surface area contributed by atoms with Gasteiger partial charge in [-0.1, -0.05) is 23.5 Å². The fourth-order valence-electron chi connectivity index (χ4n) is 4.01. The second kappa shape index (κ2) is 10.2. The molecule has 8 nitrogen and oxygen atoms in total. The number of ether oxygens (including phenoxy) is 4. The molecule has 1 atom stereocenters. The molecule has 0 saturated heterocycles. The van der Waals surface area contributed by atoms with Gasteiger partial charge in [0.15, 0.2) is 4.80 Å². The number of thiazole rings is 1. The average molecular weight is 495 g/mol. The van der Waals surface area contributed by atoms with Crippen molar-refractivity contribution in [2.75, 3.05) is 27.9 Å². The molecule has 1 aliphatic rings. The fourth-order valence-corrected chi connectivity index (χ4v) is 5.06. The van der Waals surface area contributed by atoms with Crippen LogP contribution in [0.1, 0.15) is 31.0 Å². The van der Waals surface area contributed by atoms with Crippen LogP contribution in [0.4, 0.5) is 0 Å². The van der Waals surface area contributed by atoms with Crippen LogP contribution in [0.2, 0.25) is 0 Å². The van der Waals surface area contributed by atoms with Gasteiger partial charge >= 0.3 is 5.97 Å². The number of carbonyl (C=O) groups is 1. The molecule has 0 bridgehead atoms. The topological polar surface area (TPSA) is 88.4 Å². The number of aromatic nitrogens is 1. The Morgan fingerprint density at radius 2 is 1.83 bits per heavy atom. The summed E-state index contributed by atoms with van der Waals surface area (Å²) in [5, 5.41) is 0. The van der Waals surface area contributed by atoms with Gasteiger partial charge in [0.05, 0.1) is 43.7 Å². The normalized spacial score (nSPS) is 15.3. The molecule has 0 aliphatic carbocycles. The van der Waals surface area contributed by atoms with E-state index in [9.17, 15) is 9.59 Å². The Bertz CT molecular complexity index is 1480. The third-order valence-corrected chi connectivity index (χ3v) is 6.63. The Labute approximate surface area is 206 Å². The van der Waals surface area contributed by atoms with E-state index in [-0.39, 0.29) is 17.7 Å². The van der Waals surface area contributed by atoms with Gasteiger partial charge in [-0.3, -0.25) is 9.36 Å². The van der Waals surface area contributed by atoms with Crippen LogP contribution in [0.3, 0.4) is 0 Å². The summed E-state index contributed by atoms with van der Waals surface area (Å²) >= 11 is 1.26. The van der Waals surface area contributed by atoms with Crippen molar-refractivity contribution in [3.63, 3.8) is 0 Å². The van der Waals surface area contributed by atoms with Gasteiger partial charge < -0.3 is 18.9 Å². The quantitative estimate of drug-likeness (QED) is 0.470. The van der Waals surface area contributed by atoms with Crippen molar-refractivity contribution in [1.29, 1.82) is 0 Å². The largest absolute Gasteiger partial charge is 0.497 e. The first-order valence-corrected chi connectivity index (χ1v) is 11.8. The van der Waals surface area contributed by atoms with Gasteiger partial charge in [-0.25, -0.2) is 9.79 Å².